The van der Waals surface area contributed by atoms with Crippen LogP contribution in [0.5, 0.6) is 0 Å². The summed E-state index contributed by atoms with van der Waals surface area (Å²) in [5, 5.41) is 9.18. The summed E-state index contributed by atoms with van der Waals surface area (Å²) >= 11 is 1.66. The molecule has 0 radical (unpaired) electrons. The first-order valence-corrected chi connectivity index (χ1v) is 10.8. The molecule has 30 heavy (non-hydrogen) atoms. The number of anilines is 1. The van der Waals surface area contributed by atoms with Crippen molar-refractivity contribution in [3.8, 4) is 11.4 Å². The van der Waals surface area contributed by atoms with E-state index in [0.29, 0.717) is 24.9 Å². The van der Waals surface area contributed by atoms with E-state index in [-0.39, 0.29) is 0 Å². The van der Waals surface area contributed by atoms with Crippen molar-refractivity contribution < 1.29 is 9.26 Å². The normalized spacial score (nSPS) is 15.2. The third-order valence-corrected chi connectivity index (χ3v) is 5.86. The van der Waals surface area contributed by atoms with E-state index in [2.05, 4.69) is 48.9 Å². The summed E-state index contributed by atoms with van der Waals surface area (Å²) in [5.41, 5.74) is 2.04. The highest BCUT2D eigenvalue weighted by Gasteiger charge is 2.22. The average Bonchev–Trinajstić information content (AvgIpc) is 3.46. The Morgan fingerprint density at radius 1 is 1.07 bits per heavy atom. The highest BCUT2D eigenvalue weighted by atomic mass is 32.1. The largest absolute Gasteiger partial charge is 0.377 e. The second-order valence-corrected chi connectivity index (χ2v) is 7.98. The third kappa shape index (κ3) is 3.91. The number of hydrogen-bond acceptors (Lipinski definition) is 9. The van der Waals surface area contributed by atoms with Crippen LogP contribution in [0.2, 0.25) is 0 Å². The summed E-state index contributed by atoms with van der Waals surface area (Å²) in [7, 11) is 1.62. The van der Waals surface area contributed by atoms with Gasteiger partial charge in [-0.25, -0.2) is 9.97 Å². The van der Waals surface area contributed by atoms with E-state index in [1.807, 2.05) is 12.1 Å². The molecular weight excluding hydrogens is 400 g/mol. The molecule has 0 saturated carbocycles. The van der Waals surface area contributed by atoms with Crippen LogP contribution < -0.4 is 4.90 Å². The van der Waals surface area contributed by atoms with Crippen molar-refractivity contribution >= 4 is 28.1 Å². The Balaban J connectivity index is 1.34. The zero-order valence-electron chi connectivity index (χ0n) is 16.7. The summed E-state index contributed by atoms with van der Waals surface area (Å²) in [6, 6.07) is 10.3. The van der Waals surface area contributed by atoms with Gasteiger partial charge in [0.15, 0.2) is 11.6 Å². The number of methoxy groups -OCH3 is 1. The second-order valence-electron chi connectivity index (χ2n) is 7.20. The first-order valence-electron chi connectivity index (χ1n) is 9.87. The molecule has 1 aliphatic heterocycles. The molecular formula is C21H22N6O2S. The molecule has 1 saturated heterocycles. The fourth-order valence-corrected chi connectivity index (χ4v) is 4.31. The van der Waals surface area contributed by atoms with E-state index in [0.717, 1.165) is 54.3 Å². The summed E-state index contributed by atoms with van der Waals surface area (Å²) in [6.45, 7) is 4.56. The Morgan fingerprint density at radius 2 is 1.93 bits per heavy atom. The van der Waals surface area contributed by atoms with Gasteiger partial charge in [-0.05, 0) is 23.6 Å². The molecule has 0 amide bonds. The Hall–Kier alpha value is -2.88. The number of nitrogens with zero attached hydrogens (tertiary/aromatic N) is 6. The van der Waals surface area contributed by atoms with Gasteiger partial charge in [0.1, 0.15) is 12.4 Å². The van der Waals surface area contributed by atoms with Crippen LogP contribution >= 0.6 is 11.3 Å². The molecule has 0 aliphatic carbocycles. The number of fused-ring (bicyclic) bond motifs is 1. The van der Waals surface area contributed by atoms with Gasteiger partial charge in [-0.3, -0.25) is 4.90 Å². The number of benzene rings is 1. The van der Waals surface area contributed by atoms with Crippen molar-refractivity contribution in [1.82, 2.24) is 25.0 Å². The molecule has 1 aromatic carbocycles. The maximum Gasteiger partial charge on any atom is 0.240 e. The Labute approximate surface area is 178 Å². The van der Waals surface area contributed by atoms with Crippen LogP contribution in [0.15, 0.2) is 45.6 Å². The highest BCUT2D eigenvalue weighted by molar-refractivity contribution is 7.08. The van der Waals surface area contributed by atoms with Crippen LogP contribution in [0.4, 0.5) is 5.82 Å². The van der Waals surface area contributed by atoms with Gasteiger partial charge < -0.3 is 14.2 Å². The first kappa shape index (κ1) is 19.1. The predicted octanol–water partition coefficient (Wildman–Crippen LogP) is 3.21. The minimum absolute atomic E-state index is 0.366. The number of aromatic nitrogens is 4. The van der Waals surface area contributed by atoms with Gasteiger partial charge in [-0.2, -0.15) is 16.3 Å². The van der Waals surface area contributed by atoms with Crippen LogP contribution in [0.1, 0.15) is 11.7 Å². The van der Waals surface area contributed by atoms with Crippen molar-refractivity contribution in [2.24, 2.45) is 0 Å². The number of para-hydroxylation sites is 1. The lowest BCUT2D eigenvalue weighted by molar-refractivity contribution is 0.174. The lowest BCUT2D eigenvalue weighted by Crippen LogP contribution is -2.46. The van der Waals surface area contributed by atoms with Gasteiger partial charge in [-0.1, -0.05) is 17.3 Å². The molecule has 0 atom stereocenters. The molecule has 1 fully saturated rings. The van der Waals surface area contributed by atoms with Crippen molar-refractivity contribution in [2.45, 2.75) is 13.2 Å². The van der Waals surface area contributed by atoms with E-state index in [1.165, 1.54) is 0 Å². The molecule has 5 rings (SSSR count). The smallest absolute Gasteiger partial charge is 0.240 e. The van der Waals surface area contributed by atoms with E-state index in [9.17, 15) is 0 Å². The van der Waals surface area contributed by atoms with E-state index in [4.69, 9.17) is 19.2 Å². The van der Waals surface area contributed by atoms with Crippen molar-refractivity contribution in [3.05, 3.63) is 52.8 Å². The summed E-state index contributed by atoms with van der Waals surface area (Å²) in [5.74, 6) is 2.99. The van der Waals surface area contributed by atoms with Crippen molar-refractivity contribution in [1.29, 1.82) is 0 Å². The Morgan fingerprint density at radius 3 is 2.73 bits per heavy atom. The van der Waals surface area contributed by atoms with Gasteiger partial charge in [0.05, 0.1) is 12.1 Å². The maximum absolute atomic E-state index is 5.33. The quantitative estimate of drug-likeness (QED) is 0.469. The van der Waals surface area contributed by atoms with E-state index >= 15 is 0 Å². The van der Waals surface area contributed by atoms with Crippen LogP contribution in [0, 0.1) is 0 Å². The van der Waals surface area contributed by atoms with Crippen molar-refractivity contribution in [2.75, 3.05) is 38.2 Å². The van der Waals surface area contributed by atoms with Crippen LogP contribution in [0.3, 0.4) is 0 Å². The van der Waals surface area contributed by atoms with Gasteiger partial charge in [0, 0.05) is 49.6 Å². The molecule has 4 heterocycles. The molecule has 1 aliphatic rings. The Kier molecular flexibility index (Phi) is 5.39. The number of ether oxygens (including phenoxy) is 1. The molecule has 9 heteroatoms. The first-order chi connectivity index (χ1) is 14.8. The highest BCUT2D eigenvalue weighted by Crippen LogP contribution is 2.29. The molecule has 0 unspecified atom stereocenters. The number of hydrogen-bond donors (Lipinski definition) is 0. The SMILES string of the molecule is COCc1noc(CN2CCN(c3nc(-c4ccsc4)nc4ccccc34)CC2)n1. The summed E-state index contributed by atoms with van der Waals surface area (Å²) < 4.78 is 10.4. The lowest BCUT2D eigenvalue weighted by Gasteiger charge is -2.35. The predicted molar refractivity (Wildman–Crippen MR) is 115 cm³/mol. The molecule has 0 spiro atoms. The molecule has 0 bridgehead atoms. The standard InChI is InChI=1S/C21H22N6O2S/c1-28-13-18-23-19(29-25-18)12-26-7-9-27(10-8-26)21-16-4-2-3-5-17(16)22-20(24-21)15-6-11-30-14-15/h2-6,11,14H,7-10,12-13H2,1H3. The molecule has 154 valence electrons. The molecule has 4 aromatic rings. The van der Waals surface area contributed by atoms with Crippen LogP contribution in [-0.2, 0) is 17.9 Å². The fraction of sp³-hybridized carbons (Fsp3) is 0.333. The zero-order valence-corrected chi connectivity index (χ0v) is 17.5. The summed E-state index contributed by atoms with van der Waals surface area (Å²) in [6.07, 6.45) is 0. The monoisotopic (exact) mass is 422 g/mol. The number of piperazine rings is 1. The Bertz CT molecular complexity index is 1120. The third-order valence-electron chi connectivity index (χ3n) is 5.18. The minimum Gasteiger partial charge on any atom is -0.377 e. The minimum atomic E-state index is 0.366. The average molecular weight is 423 g/mol. The van der Waals surface area contributed by atoms with Crippen LogP contribution in [-0.4, -0.2) is 58.3 Å². The molecule has 8 nitrogen and oxygen atoms in total. The van der Waals surface area contributed by atoms with E-state index in [1.54, 1.807) is 18.4 Å². The van der Waals surface area contributed by atoms with Gasteiger partial charge in [0.25, 0.3) is 0 Å². The lowest BCUT2D eigenvalue weighted by atomic mass is 10.2. The molecule has 0 N–H and O–H groups in total. The topological polar surface area (TPSA) is 80.4 Å². The zero-order chi connectivity index (χ0) is 20.3. The number of rotatable bonds is 6. The van der Waals surface area contributed by atoms with Gasteiger partial charge >= 0.3 is 0 Å². The van der Waals surface area contributed by atoms with Crippen LogP contribution in [0.25, 0.3) is 22.3 Å². The van der Waals surface area contributed by atoms with Gasteiger partial charge in [0.2, 0.25) is 5.89 Å². The molecule has 3 aromatic heterocycles. The second kappa shape index (κ2) is 8.47. The van der Waals surface area contributed by atoms with Crippen molar-refractivity contribution in [3.63, 3.8) is 0 Å². The van der Waals surface area contributed by atoms with E-state index < -0.39 is 0 Å². The van der Waals surface area contributed by atoms with Gasteiger partial charge in [-0.15, -0.1) is 0 Å². The maximum atomic E-state index is 5.33. The summed E-state index contributed by atoms with van der Waals surface area (Å²) in [4.78, 5) is 18.8. The number of thiophene rings is 1. The fourth-order valence-electron chi connectivity index (χ4n) is 3.67.